The molecule has 3 unspecified atom stereocenters. The van der Waals surface area contributed by atoms with Crippen molar-refractivity contribution >= 4 is 0 Å². The minimum absolute atomic E-state index is 0.272. The molecule has 1 heterocycles. The first-order valence-electron chi connectivity index (χ1n) is 7.36. The molecule has 19 heavy (non-hydrogen) atoms. The second kappa shape index (κ2) is 6.02. The van der Waals surface area contributed by atoms with Crippen LogP contribution in [0.15, 0.2) is 18.3 Å². The number of aromatic nitrogens is 1. The van der Waals surface area contributed by atoms with Crippen LogP contribution in [0.3, 0.4) is 0 Å². The SMILES string of the molecule is CCOC1CC(NCc2ccc(C)nc2)C1(C)CC. The molecule has 3 atom stereocenters. The number of hydrogen-bond donors (Lipinski definition) is 1. The number of pyridine rings is 1. The number of nitrogens with zero attached hydrogens (tertiary/aromatic N) is 1. The van der Waals surface area contributed by atoms with Gasteiger partial charge in [0.05, 0.1) is 6.10 Å². The molecular formula is C16H26N2O. The summed E-state index contributed by atoms with van der Waals surface area (Å²) in [4.78, 5) is 4.34. The maximum absolute atomic E-state index is 5.83. The quantitative estimate of drug-likeness (QED) is 0.855. The van der Waals surface area contributed by atoms with E-state index in [1.165, 1.54) is 5.56 Å². The molecule has 1 aromatic rings. The molecular weight excluding hydrogens is 236 g/mol. The summed E-state index contributed by atoms with van der Waals surface area (Å²) >= 11 is 0. The van der Waals surface area contributed by atoms with Gasteiger partial charge in [-0.05, 0) is 38.3 Å². The van der Waals surface area contributed by atoms with Crippen molar-refractivity contribution in [2.45, 2.75) is 59.2 Å². The van der Waals surface area contributed by atoms with Crippen LogP contribution in [0.2, 0.25) is 0 Å². The lowest BCUT2D eigenvalue weighted by atomic mass is 9.61. The van der Waals surface area contributed by atoms with E-state index in [1.807, 2.05) is 13.1 Å². The topological polar surface area (TPSA) is 34.1 Å². The summed E-state index contributed by atoms with van der Waals surface area (Å²) in [6, 6.07) is 4.77. The second-order valence-corrected chi connectivity index (χ2v) is 5.78. The van der Waals surface area contributed by atoms with E-state index in [0.717, 1.165) is 31.7 Å². The van der Waals surface area contributed by atoms with Crippen molar-refractivity contribution < 1.29 is 4.74 Å². The van der Waals surface area contributed by atoms with E-state index in [9.17, 15) is 0 Å². The lowest BCUT2D eigenvalue weighted by Crippen LogP contribution is -2.61. The molecule has 0 saturated heterocycles. The number of aryl methyl sites for hydroxylation is 1. The van der Waals surface area contributed by atoms with Crippen molar-refractivity contribution in [1.82, 2.24) is 10.3 Å². The Morgan fingerprint density at radius 1 is 1.42 bits per heavy atom. The van der Waals surface area contributed by atoms with Gasteiger partial charge in [-0.1, -0.05) is 19.9 Å². The van der Waals surface area contributed by atoms with Crippen molar-refractivity contribution in [3.63, 3.8) is 0 Å². The predicted molar refractivity (Wildman–Crippen MR) is 78.0 cm³/mol. The molecule has 106 valence electrons. The molecule has 1 aromatic heterocycles. The first-order chi connectivity index (χ1) is 9.10. The van der Waals surface area contributed by atoms with E-state index in [4.69, 9.17) is 4.74 Å². The van der Waals surface area contributed by atoms with Gasteiger partial charge < -0.3 is 10.1 Å². The van der Waals surface area contributed by atoms with E-state index >= 15 is 0 Å². The maximum Gasteiger partial charge on any atom is 0.0658 e. The summed E-state index contributed by atoms with van der Waals surface area (Å²) < 4.78 is 5.83. The van der Waals surface area contributed by atoms with Crippen LogP contribution < -0.4 is 5.32 Å². The summed E-state index contributed by atoms with van der Waals surface area (Å²) in [6.45, 7) is 10.4. The fourth-order valence-electron chi connectivity index (χ4n) is 2.91. The lowest BCUT2D eigenvalue weighted by Gasteiger charge is -2.53. The van der Waals surface area contributed by atoms with Crippen LogP contribution in [0.1, 0.15) is 44.9 Å². The fourth-order valence-corrected chi connectivity index (χ4v) is 2.91. The number of hydrogen-bond acceptors (Lipinski definition) is 3. The van der Waals surface area contributed by atoms with Crippen molar-refractivity contribution in [3.8, 4) is 0 Å². The van der Waals surface area contributed by atoms with E-state index in [-0.39, 0.29) is 5.41 Å². The minimum atomic E-state index is 0.272. The van der Waals surface area contributed by atoms with Gasteiger partial charge in [0.1, 0.15) is 0 Å². The third-order valence-electron chi connectivity index (χ3n) is 4.64. The van der Waals surface area contributed by atoms with Crippen molar-refractivity contribution in [3.05, 3.63) is 29.6 Å². The minimum Gasteiger partial charge on any atom is -0.378 e. The van der Waals surface area contributed by atoms with Crippen LogP contribution in [0.5, 0.6) is 0 Å². The third-order valence-corrected chi connectivity index (χ3v) is 4.64. The first-order valence-corrected chi connectivity index (χ1v) is 7.36. The fraction of sp³-hybridized carbons (Fsp3) is 0.688. The summed E-state index contributed by atoms with van der Waals surface area (Å²) in [5.41, 5.74) is 2.60. The Balaban J connectivity index is 1.88. The molecule has 0 bridgehead atoms. The van der Waals surface area contributed by atoms with E-state index in [0.29, 0.717) is 12.1 Å². The van der Waals surface area contributed by atoms with Crippen LogP contribution in [0.4, 0.5) is 0 Å². The Morgan fingerprint density at radius 3 is 2.79 bits per heavy atom. The summed E-state index contributed by atoms with van der Waals surface area (Å²) in [7, 11) is 0. The highest BCUT2D eigenvalue weighted by atomic mass is 16.5. The highest BCUT2D eigenvalue weighted by molar-refractivity contribution is 5.14. The zero-order valence-electron chi connectivity index (χ0n) is 12.6. The van der Waals surface area contributed by atoms with Gasteiger partial charge >= 0.3 is 0 Å². The molecule has 0 aromatic carbocycles. The Labute approximate surface area is 116 Å². The highest BCUT2D eigenvalue weighted by Crippen LogP contribution is 2.45. The van der Waals surface area contributed by atoms with Gasteiger partial charge in [-0.3, -0.25) is 4.98 Å². The van der Waals surface area contributed by atoms with Crippen LogP contribution in [-0.2, 0) is 11.3 Å². The van der Waals surface area contributed by atoms with Crippen LogP contribution >= 0.6 is 0 Å². The van der Waals surface area contributed by atoms with Gasteiger partial charge in [-0.15, -0.1) is 0 Å². The predicted octanol–water partition coefficient (Wildman–Crippen LogP) is 3.07. The summed E-state index contributed by atoms with van der Waals surface area (Å²) in [6.07, 6.45) is 4.65. The normalized spacial score (nSPS) is 30.1. The van der Waals surface area contributed by atoms with Crippen molar-refractivity contribution in [2.75, 3.05) is 6.61 Å². The average Bonchev–Trinajstić information content (AvgIpc) is 2.43. The second-order valence-electron chi connectivity index (χ2n) is 5.78. The Bertz CT molecular complexity index is 404. The largest absolute Gasteiger partial charge is 0.378 e. The summed E-state index contributed by atoms with van der Waals surface area (Å²) in [5.74, 6) is 0. The van der Waals surface area contributed by atoms with Gasteiger partial charge in [-0.25, -0.2) is 0 Å². The van der Waals surface area contributed by atoms with E-state index < -0.39 is 0 Å². The number of ether oxygens (including phenoxy) is 1. The standard InChI is InChI=1S/C16H26N2O/c1-5-16(4)14(9-15(16)19-6-2)18-11-13-8-7-12(3)17-10-13/h7-8,10,14-15,18H,5-6,9,11H2,1-4H3. The molecule has 3 nitrogen and oxygen atoms in total. The van der Waals surface area contributed by atoms with Gasteiger partial charge in [0, 0.05) is 36.5 Å². The Morgan fingerprint density at radius 2 is 2.21 bits per heavy atom. The van der Waals surface area contributed by atoms with Gasteiger partial charge in [0.15, 0.2) is 0 Å². The number of rotatable bonds is 6. The molecule has 0 radical (unpaired) electrons. The average molecular weight is 262 g/mol. The molecule has 1 fully saturated rings. The van der Waals surface area contributed by atoms with Gasteiger partial charge in [-0.2, -0.15) is 0 Å². The van der Waals surface area contributed by atoms with E-state index in [1.54, 1.807) is 0 Å². The summed E-state index contributed by atoms with van der Waals surface area (Å²) in [5, 5.41) is 3.66. The molecule has 1 aliphatic rings. The third kappa shape index (κ3) is 2.98. The molecule has 1 N–H and O–H groups in total. The van der Waals surface area contributed by atoms with Crippen LogP contribution in [-0.4, -0.2) is 23.7 Å². The molecule has 1 aliphatic carbocycles. The highest BCUT2D eigenvalue weighted by Gasteiger charge is 2.50. The smallest absolute Gasteiger partial charge is 0.0658 e. The van der Waals surface area contributed by atoms with Gasteiger partial charge in [0.2, 0.25) is 0 Å². The number of nitrogens with one attached hydrogen (secondary N) is 1. The van der Waals surface area contributed by atoms with Crippen LogP contribution in [0, 0.1) is 12.3 Å². The van der Waals surface area contributed by atoms with Gasteiger partial charge in [0.25, 0.3) is 0 Å². The zero-order valence-corrected chi connectivity index (χ0v) is 12.6. The Kier molecular flexibility index (Phi) is 4.58. The maximum atomic E-state index is 5.83. The van der Waals surface area contributed by atoms with Crippen LogP contribution in [0.25, 0.3) is 0 Å². The molecule has 0 spiro atoms. The van der Waals surface area contributed by atoms with Crippen molar-refractivity contribution in [2.24, 2.45) is 5.41 Å². The molecule has 0 amide bonds. The zero-order chi connectivity index (χ0) is 13.9. The lowest BCUT2D eigenvalue weighted by molar-refractivity contribution is -0.126. The van der Waals surface area contributed by atoms with E-state index in [2.05, 4.69) is 43.2 Å². The monoisotopic (exact) mass is 262 g/mol. The first kappa shape index (κ1) is 14.5. The molecule has 0 aliphatic heterocycles. The molecule has 2 rings (SSSR count). The Hall–Kier alpha value is -0.930. The molecule has 3 heteroatoms. The molecule has 1 saturated carbocycles. The van der Waals surface area contributed by atoms with Crippen molar-refractivity contribution in [1.29, 1.82) is 0 Å².